The molecular weight excluding hydrogens is 242 g/mol. The lowest BCUT2D eigenvalue weighted by Gasteiger charge is -2.31. The van der Waals surface area contributed by atoms with Crippen LogP contribution in [0, 0.1) is 0 Å². The second-order valence-electron chi connectivity index (χ2n) is 3.89. The Balaban J connectivity index is 1.83. The third kappa shape index (κ3) is 3.16. The van der Waals surface area contributed by atoms with Crippen LogP contribution in [0.2, 0.25) is 0 Å². The van der Waals surface area contributed by atoms with Gasteiger partial charge < -0.3 is 9.64 Å². The van der Waals surface area contributed by atoms with E-state index >= 15 is 0 Å². The Labute approximate surface area is 103 Å². The zero-order chi connectivity index (χ0) is 12.3. The molecular formula is C9H15N5O2S. The molecule has 8 heteroatoms. The Morgan fingerprint density at radius 1 is 1.65 bits per heavy atom. The highest BCUT2D eigenvalue weighted by Gasteiger charge is 2.21. The van der Waals surface area contributed by atoms with Gasteiger partial charge in [-0.1, -0.05) is 11.8 Å². The average molecular weight is 257 g/mol. The van der Waals surface area contributed by atoms with E-state index in [1.807, 2.05) is 11.8 Å². The SMILES string of the molecule is C[C@@H]1CN(C(=O)CSc2nnnn2C)CCO1. The minimum absolute atomic E-state index is 0.105. The highest BCUT2D eigenvalue weighted by atomic mass is 32.2. The molecule has 7 nitrogen and oxygen atoms in total. The van der Waals surface area contributed by atoms with E-state index in [2.05, 4.69) is 15.5 Å². The Kier molecular flexibility index (Phi) is 3.95. The van der Waals surface area contributed by atoms with Crippen LogP contribution < -0.4 is 0 Å². The fourth-order valence-corrected chi connectivity index (χ4v) is 2.36. The van der Waals surface area contributed by atoms with Crippen LogP contribution >= 0.6 is 11.8 Å². The molecule has 2 heterocycles. The Morgan fingerprint density at radius 3 is 3.12 bits per heavy atom. The molecule has 1 aromatic rings. The van der Waals surface area contributed by atoms with Gasteiger partial charge in [0.25, 0.3) is 0 Å². The van der Waals surface area contributed by atoms with E-state index in [4.69, 9.17) is 4.74 Å². The molecule has 0 saturated carbocycles. The number of aromatic nitrogens is 4. The normalized spacial score (nSPS) is 20.6. The van der Waals surface area contributed by atoms with Crippen molar-refractivity contribution < 1.29 is 9.53 Å². The van der Waals surface area contributed by atoms with Crippen LogP contribution in [0.15, 0.2) is 5.16 Å². The van der Waals surface area contributed by atoms with Crippen molar-refractivity contribution >= 4 is 17.7 Å². The zero-order valence-corrected chi connectivity index (χ0v) is 10.7. The fraction of sp³-hybridized carbons (Fsp3) is 0.778. The highest BCUT2D eigenvalue weighted by Crippen LogP contribution is 2.14. The van der Waals surface area contributed by atoms with Crippen molar-refractivity contribution in [3.05, 3.63) is 0 Å². The summed E-state index contributed by atoms with van der Waals surface area (Å²) < 4.78 is 6.95. The number of tetrazole rings is 1. The summed E-state index contributed by atoms with van der Waals surface area (Å²) >= 11 is 1.35. The van der Waals surface area contributed by atoms with Crippen LogP contribution in [0.1, 0.15) is 6.92 Å². The minimum Gasteiger partial charge on any atom is -0.375 e. The number of rotatable bonds is 3. The molecule has 0 aromatic carbocycles. The largest absolute Gasteiger partial charge is 0.375 e. The molecule has 0 unspecified atom stereocenters. The van der Waals surface area contributed by atoms with E-state index in [1.165, 1.54) is 11.8 Å². The van der Waals surface area contributed by atoms with Gasteiger partial charge in [0.15, 0.2) is 0 Å². The lowest BCUT2D eigenvalue weighted by atomic mass is 10.3. The van der Waals surface area contributed by atoms with Gasteiger partial charge in [0.1, 0.15) is 0 Å². The van der Waals surface area contributed by atoms with E-state index in [1.54, 1.807) is 11.7 Å². The van der Waals surface area contributed by atoms with Gasteiger partial charge in [-0.15, -0.1) is 5.10 Å². The molecule has 1 aromatic heterocycles. The Hall–Kier alpha value is -1.15. The van der Waals surface area contributed by atoms with Crippen molar-refractivity contribution in [2.45, 2.75) is 18.2 Å². The van der Waals surface area contributed by atoms with Crippen LogP contribution in [0.25, 0.3) is 0 Å². The third-order valence-corrected chi connectivity index (χ3v) is 3.50. The number of thioether (sulfide) groups is 1. The van der Waals surface area contributed by atoms with Crippen LogP contribution in [0.3, 0.4) is 0 Å². The van der Waals surface area contributed by atoms with E-state index in [0.717, 1.165) is 0 Å². The maximum atomic E-state index is 11.9. The molecule has 2 rings (SSSR count). The summed E-state index contributed by atoms with van der Waals surface area (Å²) in [6, 6.07) is 0. The molecule has 94 valence electrons. The van der Waals surface area contributed by atoms with E-state index in [0.29, 0.717) is 30.6 Å². The lowest BCUT2D eigenvalue weighted by Crippen LogP contribution is -2.45. The highest BCUT2D eigenvalue weighted by molar-refractivity contribution is 7.99. The van der Waals surface area contributed by atoms with Gasteiger partial charge in [0.05, 0.1) is 18.5 Å². The van der Waals surface area contributed by atoms with Crippen molar-refractivity contribution in [1.29, 1.82) is 0 Å². The molecule has 1 atom stereocenters. The first-order valence-electron chi connectivity index (χ1n) is 5.41. The third-order valence-electron chi connectivity index (χ3n) is 2.50. The average Bonchev–Trinajstić information content (AvgIpc) is 2.72. The summed E-state index contributed by atoms with van der Waals surface area (Å²) in [5.41, 5.74) is 0. The molecule has 0 bridgehead atoms. The van der Waals surface area contributed by atoms with Gasteiger partial charge in [-0.05, 0) is 17.4 Å². The van der Waals surface area contributed by atoms with Crippen molar-refractivity contribution in [2.75, 3.05) is 25.4 Å². The van der Waals surface area contributed by atoms with Gasteiger partial charge in [0, 0.05) is 20.1 Å². The van der Waals surface area contributed by atoms with Crippen LogP contribution in [-0.4, -0.2) is 62.6 Å². The van der Waals surface area contributed by atoms with E-state index in [-0.39, 0.29) is 12.0 Å². The van der Waals surface area contributed by atoms with Gasteiger partial charge in [-0.25, -0.2) is 4.68 Å². The molecule has 1 aliphatic heterocycles. The topological polar surface area (TPSA) is 73.1 Å². The number of nitrogens with zero attached hydrogens (tertiary/aromatic N) is 5. The quantitative estimate of drug-likeness (QED) is 0.683. The summed E-state index contributed by atoms with van der Waals surface area (Å²) in [6.45, 7) is 3.92. The number of carbonyl (C=O) groups excluding carboxylic acids is 1. The summed E-state index contributed by atoms with van der Waals surface area (Å²) in [5, 5.41) is 11.7. The smallest absolute Gasteiger partial charge is 0.233 e. The summed E-state index contributed by atoms with van der Waals surface area (Å²) in [7, 11) is 1.75. The van der Waals surface area contributed by atoms with Gasteiger partial charge in [-0.3, -0.25) is 4.79 Å². The first-order valence-corrected chi connectivity index (χ1v) is 6.40. The van der Waals surface area contributed by atoms with Crippen molar-refractivity contribution in [1.82, 2.24) is 25.1 Å². The molecule has 1 fully saturated rings. The molecule has 0 N–H and O–H groups in total. The summed E-state index contributed by atoms with van der Waals surface area (Å²) in [5.74, 6) is 0.467. The molecule has 1 saturated heterocycles. The molecule has 0 spiro atoms. The number of aryl methyl sites for hydroxylation is 1. The monoisotopic (exact) mass is 257 g/mol. The maximum Gasteiger partial charge on any atom is 0.233 e. The second kappa shape index (κ2) is 5.46. The first kappa shape index (κ1) is 12.3. The molecule has 17 heavy (non-hydrogen) atoms. The van der Waals surface area contributed by atoms with Gasteiger partial charge >= 0.3 is 0 Å². The number of ether oxygens (including phenoxy) is 1. The van der Waals surface area contributed by atoms with Crippen LogP contribution in [0.5, 0.6) is 0 Å². The molecule has 0 radical (unpaired) electrons. The lowest BCUT2D eigenvalue weighted by molar-refractivity contribution is -0.135. The second-order valence-corrected chi connectivity index (χ2v) is 4.84. The van der Waals surface area contributed by atoms with E-state index in [9.17, 15) is 4.79 Å². The summed E-state index contributed by atoms with van der Waals surface area (Å²) in [6.07, 6.45) is 0.120. The van der Waals surface area contributed by atoms with E-state index < -0.39 is 0 Å². The standard InChI is InChI=1S/C9H15N5O2S/c1-7-5-14(3-4-16-7)8(15)6-17-9-10-11-12-13(9)2/h7H,3-6H2,1-2H3/t7-/m1/s1. The van der Waals surface area contributed by atoms with Gasteiger partial charge in [0.2, 0.25) is 11.1 Å². The molecule has 1 aliphatic rings. The minimum atomic E-state index is 0.105. The predicted molar refractivity (Wildman–Crippen MR) is 61.5 cm³/mol. The fourth-order valence-electron chi connectivity index (χ4n) is 1.61. The number of hydrogen-bond acceptors (Lipinski definition) is 6. The maximum absolute atomic E-state index is 11.9. The zero-order valence-electron chi connectivity index (χ0n) is 9.87. The predicted octanol–water partition coefficient (Wildman–Crippen LogP) is -0.451. The van der Waals surface area contributed by atoms with Crippen molar-refractivity contribution in [2.24, 2.45) is 7.05 Å². The van der Waals surface area contributed by atoms with Crippen molar-refractivity contribution in [3.63, 3.8) is 0 Å². The molecule has 0 aliphatic carbocycles. The number of carbonyl (C=O) groups is 1. The number of hydrogen-bond donors (Lipinski definition) is 0. The molecule has 1 amide bonds. The Morgan fingerprint density at radius 2 is 2.47 bits per heavy atom. The Bertz CT molecular complexity index is 396. The van der Waals surface area contributed by atoms with Crippen LogP contribution in [-0.2, 0) is 16.6 Å². The van der Waals surface area contributed by atoms with Gasteiger partial charge in [-0.2, -0.15) is 0 Å². The van der Waals surface area contributed by atoms with Crippen molar-refractivity contribution in [3.8, 4) is 0 Å². The number of amides is 1. The number of morpholine rings is 1. The summed E-state index contributed by atoms with van der Waals surface area (Å²) in [4.78, 5) is 13.7. The first-order chi connectivity index (χ1) is 8.16. The van der Waals surface area contributed by atoms with Crippen LogP contribution in [0.4, 0.5) is 0 Å².